The minimum Gasteiger partial charge on any atom is -0.374 e. The molecule has 104 valence electrons. The predicted octanol–water partition coefficient (Wildman–Crippen LogP) is 3.86. The summed E-state index contributed by atoms with van der Waals surface area (Å²) in [4.78, 5) is 1.47. The molecule has 3 heteroatoms. The van der Waals surface area contributed by atoms with Gasteiger partial charge in [0.1, 0.15) is 0 Å². The van der Waals surface area contributed by atoms with E-state index in [9.17, 15) is 0 Å². The molecule has 1 rings (SSSR count). The van der Waals surface area contributed by atoms with Crippen molar-refractivity contribution in [2.24, 2.45) is 0 Å². The number of ether oxygens (including phenoxy) is 1. The summed E-state index contributed by atoms with van der Waals surface area (Å²) in [5.41, 5.74) is -0.0466. The lowest BCUT2D eigenvalue weighted by Gasteiger charge is -2.25. The third kappa shape index (κ3) is 7.14. The molecule has 0 spiro atoms. The lowest BCUT2D eigenvalue weighted by atomic mass is 10.1. The summed E-state index contributed by atoms with van der Waals surface area (Å²) >= 11 is 1.84. The van der Waals surface area contributed by atoms with Crippen LogP contribution in [-0.4, -0.2) is 24.8 Å². The fraction of sp³-hybridized carbons (Fsp3) is 0.733. The van der Waals surface area contributed by atoms with Gasteiger partial charge in [0.25, 0.3) is 0 Å². The molecule has 0 saturated carbocycles. The summed E-state index contributed by atoms with van der Waals surface area (Å²) in [7, 11) is 0. The van der Waals surface area contributed by atoms with Gasteiger partial charge in [0.05, 0.1) is 12.2 Å². The molecule has 1 N–H and O–H groups in total. The monoisotopic (exact) mass is 269 g/mol. The number of rotatable bonds is 8. The van der Waals surface area contributed by atoms with Crippen LogP contribution in [0.25, 0.3) is 0 Å². The Morgan fingerprint density at radius 2 is 2.17 bits per heavy atom. The van der Waals surface area contributed by atoms with Crippen molar-refractivity contribution >= 4 is 11.3 Å². The number of thiophene rings is 1. The van der Waals surface area contributed by atoms with E-state index in [0.717, 1.165) is 26.0 Å². The zero-order chi connectivity index (χ0) is 13.4. The predicted molar refractivity (Wildman–Crippen MR) is 80.4 cm³/mol. The van der Waals surface area contributed by atoms with Crippen LogP contribution in [0.3, 0.4) is 0 Å². The lowest BCUT2D eigenvalue weighted by Crippen LogP contribution is -2.37. The van der Waals surface area contributed by atoms with Gasteiger partial charge in [0.15, 0.2) is 0 Å². The van der Waals surface area contributed by atoms with Gasteiger partial charge < -0.3 is 10.1 Å². The van der Waals surface area contributed by atoms with E-state index >= 15 is 0 Å². The van der Waals surface area contributed by atoms with Crippen molar-refractivity contribution in [3.63, 3.8) is 0 Å². The highest BCUT2D eigenvalue weighted by Crippen LogP contribution is 2.14. The second-order valence-electron chi connectivity index (χ2n) is 5.69. The fourth-order valence-electron chi connectivity index (χ4n) is 1.71. The highest BCUT2D eigenvalue weighted by atomic mass is 32.1. The van der Waals surface area contributed by atoms with Crippen LogP contribution in [0.4, 0.5) is 0 Å². The zero-order valence-electron chi connectivity index (χ0n) is 12.2. The van der Waals surface area contributed by atoms with Crippen LogP contribution in [0.5, 0.6) is 0 Å². The smallest absolute Gasteiger partial charge is 0.0626 e. The topological polar surface area (TPSA) is 21.3 Å². The maximum atomic E-state index is 5.90. The molecule has 1 aromatic rings. The molecule has 0 fully saturated rings. The SMILES string of the molecule is CCCNC(CCc1cccs1)COC(C)(C)C. The molecule has 0 aliphatic carbocycles. The lowest BCUT2D eigenvalue weighted by molar-refractivity contribution is -0.0153. The van der Waals surface area contributed by atoms with E-state index in [1.807, 2.05) is 11.3 Å². The van der Waals surface area contributed by atoms with Crippen LogP contribution >= 0.6 is 11.3 Å². The van der Waals surface area contributed by atoms with Crippen molar-refractivity contribution in [1.29, 1.82) is 0 Å². The molecule has 0 bridgehead atoms. The molecule has 2 nitrogen and oxygen atoms in total. The Morgan fingerprint density at radius 3 is 2.72 bits per heavy atom. The molecule has 0 saturated heterocycles. The molecule has 1 atom stereocenters. The molecule has 0 radical (unpaired) electrons. The summed E-state index contributed by atoms with van der Waals surface area (Å²) in [6.07, 6.45) is 3.47. The largest absolute Gasteiger partial charge is 0.374 e. The Balaban J connectivity index is 2.34. The van der Waals surface area contributed by atoms with E-state index in [1.165, 1.54) is 11.3 Å². The van der Waals surface area contributed by atoms with E-state index in [0.29, 0.717) is 6.04 Å². The van der Waals surface area contributed by atoms with Crippen molar-refractivity contribution in [3.8, 4) is 0 Å². The number of nitrogens with one attached hydrogen (secondary N) is 1. The van der Waals surface area contributed by atoms with E-state index < -0.39 is 0 Å². The van der Waals surface area contributed by atoms with Gasteiger partial charge in [-0.15, -0.1) is 11.3 Å². The van der Waals surface area contributed by atoms with Gasteiger partial charge in [-0.1, -0.05) is 13.0 Å². The van der Waals surface area contributed by atoms with Gasteiger partial charge in [-0.25, -0.2) is 0 Å². The Labute approximate surface area is 116 Å². The first kappa shape index (κ1) is 15.7. The molecule has 1 aromatic heterocycles. The standard InChI is InChI=1S/C15H27NOS/c1-5-10-16-13(12-17-15(2,3)4)8-9-14-7-6-11-18-14/h6-7,11,13,16H,5,8-10,12H2,1-4H3. The second-order valence-corrected chi connectivity index (χ2v) is 6.72. The first-order chi connectivity index (χ1) is 8.51. The number of hydrogen-bond donors (Lipinski definition) is 1. The van der Waals surface area contributed by atoms with Crippen LogP contribution in [-0.2, 0) is 11.2 Å². The van der Waals surface area contributed by atoms with Crippen molar-refractivity contribution in [1.82, 2.24) is 5.32 Å². The molecule has 1 heterocycles. The molecule has 18 heavy (non-hydrogen) atoms. The normalized spacial score (nSPS) is 13.8. The van der Waals surface area contributed by atoms with E-state index in [-0.39, 0.29) is 5.60 Å². The van der Waals surface area contributed by atoms with Crippen LogP contribution < -0.4 is 5.32 Å². The average molecular weight is 269 g/mol. The summed E-state index contributed by atoms with van der Waals surface area (Å²) in [5, 5.41) is 5.73. The average Bonchev–Trinajstić information content (AvgIpc) is 2.79. The van der Waals surface area contributed by atoms with E-state index in [2.05, 4.69) is 50.5 Å². The summed E-state index contributed by atoms with van der Waals surface area (Å²) in [6, 6.07) is 4.80. The summed E-state index contributed by atoms with van der Waals surface area (Å²) < 4.78 is 5.90. The third-order valence-corrected chi connectivity index (χ3v) is 3.66. The van der Waals surface area contributed by atoms with E-state index in [4.69, 9.17) is 4.74 Å². The Kier molecular flexibility index (Phi) is 6.90. The minimum atomic E-state index is -0.0466. The molecule has 0 aromatic carbocycles. The quantitative estimate of drug-likeness (QED) is 0.773. The van der Waals surface area contributed by atoms with Crippen molar-refractivity contribution < 1.29 is 4.74 Å². The first-order valence-electron chi connectivity index (χ1n) is 6.91. The van der Waals surface area contributed by atoms with Gasteiger partial charge in [-0.05, 0) is 58.0 Å². The Morgan fingerprint density at radius 1 is 1.39 bits per heavy atom. The summed E-state index contributed by atoms with van der Waals surface area (Å²) in [6.45, 7) is 10.4. The molecule has 1 unspecified atom stereocenters. The second kappa shape index (κ2) is 7.93. The van der Waals surface area contributed by atoms with Crippen LogP contribution in [0.15, 0.2) is 17.5 Å². The highest BCUT2D eigenvalue weighted by molar-refractivity contribution is 7.09. The fourth-order valence-corrected chi connectivity index (χ4v) is 2.44. The molecular weight excluding hydrogens is 242 g/mol. The number of hydrogen-bond acceptors (Lipinski definition) is 3. The van der Waals surface area contributed by atoms with Gasteiger partial charge >= 0.3 is 0 Å². The first-order valence-corrected chi connectivity index (χ1v) is 7.79. The number of aryl methyl sites for hydroxylation is 1. The van der Waals surface area contributed by atoms with Crippen molar-refractivity contribution in [2.75, 3.05) is 13.2 Å². The van der Waals surface area contributed by atoms with Crippen LogP contribution in [0, 0.1) is 0 Å². The molecule has 0 aliphatic heterocycles. The Bertz CT molecular complexity index is 303. The minimum absolute atomic E-state index is 0.0466. The molecule has 0 amide bonds. The zero-order valence-corrected chi connectivity index (χ0v) is 13.0. The van der Waals surface area contributed by atoms with Gasteiger partial charge in [0, 0.05) is 10.9 Å². The highest BCUT2D eigenvalue weighted by Gasteiger charge is 2.15. The van der Waals surface area contributed by atoms with Gasteiger partial charge in [-0.2, -0.15) is 0 Å². The maximum absolute atomic E-state index is 5.90. The van der Waals surface area contributed by atoms with Gasteiger partial charge in [0.2, 0.25) is 0 Å². The molecule has 0 aliphatic rings. The van der Waals surface area contributed by atoms with Crippen LogP contribution in [0.2, 0.25) is 0 Å². The van der Waals surface area contributed by atoms with Gasteiger partial charge in [-0.3, -0.25) is 0 Å². The third-order valence-electron chi connectivity index (χ3n) is 2.72. The molecular formula is C15H27NOS. The van der Waals surface area contributed by atoms with E-state index in [1.54, 1.807) is 0 Å². The van der Waals surface area contributed by atoms with Crippen molar-refractivity contribution in [2.45, 2.75) is 58.6 Å². The van der Waals surface area contributed by atoms with Crippen molar-refractivity contribution in [3.05, 3.63) is 22.4 Å². The van der Waals surface area contributed by atoms with Crippen LogP contribution in [0.1, 0.15) is 45.4 Å². The Hall–Kier alpha value is -0.380. The summed E-state index contributed by atoms with van der Waals surface area (Å²) in [5.74, 6) is 0. The maximum Gasteiger partial charge on any atom is 0.0626 e.